The van der Waals surface area contributed by atoms with Gasteiger partial charge in [0.25, 0.3) is 11.7 Å². The van der Waals surface area contributed by atoms with E-state index < -0.39 is 17.7 Å². The van der Waals surface area contributed by atoms with E-state index in [0.29, 0.717) is 42.4 Å². The van der Waals surface area contributed by atoms with Crippen LogP contribution in [0.5, 0.6) is 11.5 Å². The molecule has 1 aliphatic heterocycles. The molecule has 6 nitrogen and oxygen atoms in total. The van der Waals surface area contributed by atoms with Crippen LogP contribution in [0.25, 0.3) is 5.76 Å². The minimum Gasteiger partial charge on any atom is -0.507 e. The van der Waals surface area contributed by atoms with Crippen LogP contribution in [0.15, 0.2) is 48.0 Å². The van der Waals surface area contributed by atoms with E-state index in [1.165, 1.54) is 4.90 Å². The lowest BCUT2D eigenvalue weighted by molar-refractivity contribution is -0.139. The zero-order valence-corrected chi connectivity index (χ0v) is 19.3. The second-order valence-electron chi connectivity index (χ2n) is 8.45. The van der Waals surface area contributed by atoms with E-state index >= 15 is 0 Å². The number of carbonyl (C=O) groups is 2. The number of rotatable bonds is 8. The summed E-state index contributed by atoms with van der Waals surface area (Å²) in [6.07, 6.45) is 0.689. The van der Waals surface area contributed by atoms with Gasteiger partial charge in [-0.15, -0.1) is 0 Å². The fraction of sp³-hybridized carbons (Fsp3) is 0.385. The fourth-order valence-electron chi connectivity index (χ4n) is 3.88. The molecule has 0 aliphatic carbocycles. The highest BCUT2D eigenvalue weighted by molar-refractivity contribution is 6.46. The van der Waals surface area contributed by atoms with E-state index in [9.17, 15) is 14.7 Å². The standard InChI is InChI=1S/C26H31NO5/c1-6-12-27-23(18-8-7-9-20(14-18)31-5)22(25(29)26(27)30)24(28)19-10-11-21(17(4)13-19)32-15-16(2)3/h7-11,13-14,16,23,28H,6,12,15H2,1-5H3/b24-22-. The molecule has 1 N–H and O–H groups in total. The number of carbonyl (C=O) groups excluding carboxylic acids is 2. The number of aliphatic hydroxyl groups is 1. The molecule has 0 aromatic heterocycles. The summed E-state index contributed by atoms with van der Waals surface area (Å²) in [6.45, 7) is 8.98. The number of likely N-dealkylation sites (tertiary alicyclic amines) is 1. The van der Waals surface area contributed by atoms with Gasteiger partial charge in [0.15, 0.2) is 0 Å². The second-order valence-corrected chi connectivity index (χ2v) is 8.45. The summed E-state index contributed by atoms with van der Waals surface area (Å²) >= 11 is 0. The lowest BCUT2D eigenvalue weighted by atomic mass is 9.94. The smallest absolute Gasteiger partial charge is 0.295 e. The number of hydrogen-bond acceptors (Lipinski definition) is 5. The van der Waals surface area contributed by atoms with E-state index in [0.717, 1.165) is 11.3 Å². The number of aryl methyl sites for hydroxylation is 1. The Kier molecular flexibility index (Phi) is 7.23. The molecule has 2 aromatic rings. The molecule has 1 atom stereocenters. The number of hydrogen-bond donors (Lipinski definition) is 1. The number of nitrogens with zero attached hydrogens (tertiary/aromatic N) is 1. The van der Waals surface area contributed by atoms with Gasteiger partial charge in [-0.1, -0.05) is 32.9 Å². The van der Waals surface area contributed by atoms with E-state index in [4.69, 9.17) is 9.47 Å². The van der Waals surface area contributed by atoms with Crippen molar-refractivity contribution in [3.63, 3.8) is 0 Å². The van der Waals surface area contributed by atoms with E-state index in [1.807, 2.05) is 26.0 Å². The van der Waals surface area contributed by atoms with Crippen molar-refractivity contribution < 1.29 is 24.2 Å². The maximum atomic E-state index is 13.0. The molecule has 1 aliphatic rings. The van der Waals surface area contributed by atoms with Gasteiger partial charge in [-0.25, -0.2) is 0 Å². The predicted molar refractivity (Wildman–Crippen MR) is 124 cm³/mol. The number of Topliss-reactive ketones (excluding diaryl/α,β-unsaturated/α-hetero) is 1. The summed E-state index contributed by atoms with van der Waals surface area (Å²) in [6, 6.07) is 11.8. The fourth-order valence-corrected chi connectivity index (χ4v) is 3.88. The molecule has 1 amide bonds. The third-order valence-electron chi connectivity index (χ3n) is 5.43. The van der Waals surface area contributed by atoms with E-state index in [-0.39, 0.29) is 11.3 Å². The Bertz CT molecular complexity index is 1040. The van der Waals surface area contributed by atoms with Crippen molar-refractivity contribution in [3.8, 4) is 11.5 Å². The van der Waals surface area contributed by atoms with Crippen LogP contribution >= 0.6 is 0 Å². The highest BCUT2D eigenvalue weighted by Crippen LogP contribution is 2.40. The lowest BCUT2D eigenvalue weighted by Crippen LogP contribution is -2.30. The van der Waals surface area contributed by atoms with Crippen LogP contribution in [0.3, 0.4) is 0 Å². The van der Waals surface area contributed by atoms with Crippen molar-refractivity contribution in [3.05, 3.63) is 64.7 Å². The Morgan fingerprint density at radius 2 is 1.91 bits per heavy atom. The van der Waals surface area contributed by atoms with Gasteiger partial charge < -0.3 is 19.5 Å². The van der Waals surface area contributed by atoms with Crippen molar-refractivity contribution in [2.24, 2.45) is 5.92 Å². The lowest BCUT2D eigenvalue weighted by Gasteiger charge is -2.25. The van der Waals surface area contributed by atoms with Gasteiger partial charge in [0.05, 0.1) is 25.3 Å². The van der Waals surface area contributed by atoms with Crippen molar-refractivity contribution >= 4 is 17.4 Å². The first-order chi connectivity index (χ1) is 15.3. The zero-order valence-electron chi connectivity index (χ0n) is 19.3. The Morgan fingerprint density at radius 1 is 1.16 bits per heavy atom. The summed E-state index contributed by atoms with van der Waals surface area (Å²) in [7, 11) is 1.56. The number of ether oxygens (including phenoxy) is 2. The SMILES string of the molecule is CCCN1C(=O)C(=O)/C(=C(\O)c2ccc(OCC(C)C)c(C)c2)C1c1cccc(OC)c1. The maximum absolute atomic E-state index is 13.0. The van der Waals surface area contributed by atoms with Crippen LogP contribution in [-0.4, -0.2) is 42.0 Å². The van der Waals surface area contributed by atoms with Crippen LogP contribution < -0.4 is 9.47 Å². The average Bonchev–Trinajstić information content (AvgIpc) is 3.03. The van der Waals surface area contributed by atoms with E-state index in [2.05, 4.69) is 13.8 Å². The van der Waals surface area contributed by atoms with Crippen LogP contribution in [0.1, 0.15) is 49.9 Å². The molecule has 1 heterocycles. The summed E-state index contributed by atoms with van der Waals surface area (Å²) in [5.74, 6) is 0.266. The van der Waals surface area contributed by atoms with E-state index in [1.54, 1.807) is 37.4 Å². The van der Waals surface area contributed by atoms with Crippen molar-refractivity contribution in [1.29, 1.82) is 0 Å². The van der Waals surface area contributed by atoms with Crippen LogP contribution in [0, 0.1) is 12.8 Å². The molecule has 0 radical (unpaired) electrons. The predicted octanol–water partition coefficient (Wildman–Crippen LogP) is 4.87. The van der Waals surface area contributed by atoms with Gasteiger partial charge in [-0.05, 0) is 60.7 Å². The summed E-state index contributed by atoms with van der Waals surface area (Å²) in [5, 5.41) is 11.2. The molecular formula is C26H31NO5. The average molecular weight is 438 g/mol. The molecule has 1 saturated heterocycles. The topological polar surface area (TPSA) is 76.1 Å². The Morgan fingerprint density at radius 3 is 2.53 bits per heavy atom. The van der Waals surface area contributed by atoms with Gasteiger partial charge in [-0.2, -0.15) is 0 Å². The number of aliphatic hydroxyl groups excluding tert-OH is 1. The van der Waals surface area contributed by atoms with Crippen LogP contribution in [0.2, 0.25) is 0 Å². The quantitative estimate of drug-likeness (QED) is 0.362. The molecule has 1 unspecified atom stereocenters. The highest BCUT2D eigenvalue weighted by Gasteiger charge is 2.45. The molecule has 0 saturated carbocycles. The summed E-state index contributed by atoms with van der Waals surface area (Å²) in [5.41, 5.74) is 2.12. The molecule has 3 rings (SSSR count). The molecular weight excluding hydrogens is 406 g/mol. The number of amides is 1. The van der Waals surface area contributed by atoms with Crippen LogP contribution in [-0.2, 0) is 9.59 Å². The summed E-state index contributed by atoms with van der Waals surface area (Å²) in [4.78, 5) is 27.4. The molecule has 32 heavy (non-hydrogen) atoms. The first-order valence-electron chi connectivity index (χ1n) is 10.9. The molecule has 1 fully saturated rings. The molecule has 2 aromatic carbocycles. The minimum absolute atomic E-state index is 0.0898. The van der Waals surface area contributed by atoms with Gasteiger partial charge in [0.2, 0.25) is 0 Å². The monoisotopic (exact) mass is 437 g/mol. The van der Waals surface area contributed by atoms with Crippen molar-refractivity contribution in [1.82, 2.24) is 4.90 Å². The number of ketones is 1. The first-order valence-corrected chi connectivity index (χ1v) is 10.9. The van der Waals surface area contributed by atoms with Gasteiger partial charge in [-0.3, -0.25) is 9.59 Å². The second kappa shape index (κ2) is 9.90. The Balaban J connectivity index is 2.09. The third kappa shape index (κ3) is 4.64. The highest BCUT2D eigenvalue weighted by atomic mass is 16.5. The first kappa shape index (κ1) is 23.4. The van der Waals surface area contributed by atoms with Crippen LogP contribution in [0.4, 0.5) is 0 Å². The maximum Gasteiger partial charge on any atom is 0.295 e. The molecule has 0 spiro atoms. The Labute approximate surface area is 189 Å². The molecule has 6 heteroatoms. The number of methoxy groups -OCH3 is 1. The zero-order chi connectivity index (χ0) is 23.4. The van der Waals surface area contributed by atoms with Crippen molar-refractivity contribution in [2.75, 3.05) is 20.3 Å². The largest absolute Gasteiger partial charge is 0.507 e. The number of benzene rings is 2. The van der Waals surface area contributed by atoms with Gasteiger partial charge >= 0.3 is 0 Å². The third-order valence-corrected chi connectivity index (χ3v) is 5.43. The van der Waals surface area contributed by atoms with Gasteiger partial charge in [0.1, 0.15) is 17.3 Å². The minimum atomic E-state index is -0.679. The molecule has 0 bridgehead atoms. The van der Waals surface area contributed by atoms with Crippen molar-refractivity contribution in [2.45, 2.75) is 40.2 Å². The summed E-state index contributed by atoms with van der Waals surface area (Å²) < 4.78 is 11.2. The molecule has 170 valence electrons. The Hall–Kier alpha value is -3.28. The van der Waals surface area contributed by atoms with Gasteiger partial charge in [0, 0.05) is 12.1 Å². The normalized spacial score (nSPS) is 17.8.